The summed E-state index contributed by atoms with van der Waals surface area (Å²) in [4.78, 5) is 12.9. The molecule has 0 bridgehead atoms. The predicted molar refractivity (Wildman–Crippen MR) is 104 cm³/mol. The Hall–Kier alpha value is -3.40. The summed E-state index contributed by atoms with van der Waals surface area (Å²) in [6.07, 6.45) is 0.691. The lowest BCUT2D eigenvalue weighted by Crippen LogP contribution is -2.31. The number of rotatable bonds is 3. The fourth-order valence-electron chi connectivity index (χ4n) is 3.14. The Morgan fingerprint density at radius 2 is 1.42 bits per heavy atom. The summed E-state index contributed by atoms with van der Waals surface area (Å²) >= 11 is 0. The molecule has 1 heterocycles. The minimum absolute atomic E-state index is 0.116. The molecule has 0 spiro atoms. The van der Waals surface area contributed by atoms with E-state index in [1.165, 1.54) is 0 Å². The number of anilines is 1. The highest BCUT2D eigenvalue weighted by molar-refractivity contribution is 6.04. The van der Waals surface area contributed by atoms with Gasteiger partial charge in [-0.15, -0.1) is 0 Å². The summed E-state index contributed by atoms with van der Waals surface area (Å²) in [6.45, 7) is 0. The van der Waals surface area contributed by atoms with Gasteiger partial charge in [0.05, 0.1) is 11.8 Å². The van der Waals surface area contributed by atoms with Crippen LogP contribution in [0.5, 0.6) is 0 Å². The van der Waals surface area contributed by atoms with Gasteiger partial charge in [0.15, 0.2) is 0 Å². The van der Waals surface area contributed by atoms with Crippen molar-refractivity contribution < 1.29 is 4.79 Å². The first kappa shape index (κ1) is 16.1. The van der Waals surface area contributed by atoms with Crippen molar-refractivity contribution in [1.82, 2.24) is 5.01 Å². The minimum Gasteiger partial charge on any atom is -0.306 e. The van der Waals surface area contributed by atoms with Crippen LogP contribution in [-0.4, -0.2) is 16.8 Å². The summed E-state index contributed by atoms with van der Waals surface area (Å²) in [5, 5.41) is 9.15. The number of benzene rings is 3. The van der Waals surface area contributed by atoms with Crippen molar-refractivity contribution in [1.29, 1.82) is 0 Å². The fraction of sp³-hybridized carbons (Fsp3) is 0.0909. The zero-order valence-corrected chi connectivity index (χ0v) is 14.2. The third-order valence-corrected chi connectivity index (χ3v) is 4.43. The average molecular weight is 341 g/mol. The molecule has 0 unspecified atom stereocenters. The minimum atomic E-state index is -0.226. The average Bonchev–Trinajstić information content (AvgIpc) is 3.16. The lowest BCUT2D eigenvalue weighted by Gasteiger charge is -2.22. The quantitative estimate of drug-likeness (QED) is 0.710. The molecule has 0 saturated heterocycles. The highest BCUT2D eigenvalue weighted by atomic mass is 16.2. The number of carbonyl (C=O) groups is 1. The van der Waals surface area contributed by atoms with E-state index in [4.69, 9.17) is 0 Å². The SMILES string of the molecule is O=C(Nc1ccccc1)N1N=C(c2ccccc2)C[C@@H]1c1ccccc1. The van der Waals surface area contributed by atoms with Gasteiger partial charge >= 0.3 is 6.03 Å². The van der Waals surface area contributed by atoms with Crippen molar-refractivity contribution in [3.8, 4) is 0 Å². The number of hydrogen-bond donors (Lipinski definition) is 1. The summed E-state index contributed by atoms with van der Waals surface area (Å²) in [7, 11) is 0. The molecule has 4 rings (SSSR count). The van der Waals surface area contributed by atoms with Gasteiger partial charge in [-0.25, -0.2) is 9.80 Å². The first-order valence-electron chi connectivity index (χ1n) is 8.64. The van der Waals surface area contributed by atoms with Crippen LogP contribution in [0.1, 0.15) is 23.6 Å². The second kappa shape index (κ2) is 7.23. The van der Waals surface area contributed by atoms with Gasteiger partial charge in [0.2, 0.25) is 0 Å². The molecule has 0 saturated carbocycles. The van der Waals surface area contributed by atoms with E-state index in [1.807, 2.05) is 91.0 Å². The molecule has 4 nitrogen and oxygen atoms in total. The van der Waals surface area contributed by atoms with E-state index in [0.717, 1.165) is 22.5 Å². The van der Waals surface area contributed by atoms with Gasteiger partial charge in [0.1, 0.15) is 0 Å². The van der Waals surface area contributed by atoms with Crippen LogP contribution in [0.4, 0.5) is 10.5 Å². The van der Waals surface area contributed by atoms with Gasteiger partial charge in [-0.05, 0) is 23.3 Å². The zero-order valence-electron chi connectivity index (χ0n) is 14.2. The van der Waals surface area contributed by atoms with Crippen molar-refractivity contribution in [2.45, 2.75) is 12.5 Å². The topological polar surface area (TPSA) is 44.7 Å². The summed E-state index contributed by atoms with van der Waals surface area (Å²) < 4.78 is 0. The van der Waals surface area contributed by atoms with Crippen molar-refractivity contribution >= 4 is 17.4 Å². The van der Waals surface area contributed by atoms with Crippen molar-refractivity contribution in [2.24, 2.45) is 5.10 Å². The van der Waals surface area contributed by atoms with E-state index in [-0.39, 0.29) is 12.1 Å². The molecule has 128 valence electrons. The van der Waals surface area contributed by atoms with Gasteiger partial charge < -0.3 is 5.32 Å². The number of nitrogens with zero attached hydrogens (tertiary/aromatic N) is 2. The first-order chi connectivity index (χ1) is 12.8. The van der Waals surface area contributed by atoms with E-state index in [0.29, 0.717) is 6.42 Å². The smallest absolute Gasteiger partial charge is 0.306 e. The van der Waals surface area contributed by atoms with Crippen LogP contribution in [-0.2, 0) is 0 Å². The zero-order chi connectivity index (χ0) is 17.8. The lowest BCUT2D eigenvalue weighted by molar-refractivity contribution is 0.200. The normalized spacial score (nSPS) is 16.2. The maximum absolute atomic E-state index is 12.9. The number of urea groups is 1. The maximum Gasteiger partial charge on any atom is 0.342 e. The van der Waals surface area contributed by atoms with Crippen LogP contribution in [0.3, 0.4) is 0 Å². The Kier molecular flexibility index (Phi) is 4.48. The number of hydrogen-bond acceptors (Lipinski definition) is 2. The Morgan fingerprint density at radius 1 is 0.846 bits per heavy atom. The molecule has 0 aromatic heterocycles. The number of carbonyl (C=O) groups excluding carboxylic acids is 1. The van der Waals surface area contributed by atoms with E-state index < -0.39 is 0 Å². The van der Waals surface area contributed by atoms with Gasteiger partial charge in [-0.2, -0.15) is 5.10 Å². The monoisotopic (exact) mass is 341 g/mol. The largest absolute Gasteiger partial charge is 0.342 e. The number of para-hydroxylation sites is 1. The Balaban J connectivity index is 1.65. The van der Waals surface area contributed by atoms with Crippen molar-refractivity contribution in [3.63, 3.8) is 0 Å². The highest BCUT2D eigenvalue weighted by Crippen LogP contribution is 2.33. The van der Waals surface area contributed by atoms with Crippen molar-refractivity contribution in [2.75, 3.05) is 5.32 Å². The number of hydrazone groups is 1. The molecule has 4 heteroatoms. The van der Waals surface area contributed by atoms with Crippen LogP contribution >= 0.6 is 0 Å². The maximum atomic E-state index is 12.9. The Morgan fingerprint density at radius 3 is 2.08 bits per heavy atom. The molecule has 26 heavy (non-hydrogen) atoms. The van der Waals surface area contributed by atoms with Crippen molar-refractivity contribution in [3.05, 3.63) is 102 Å². The molecule has 1 N–H and O–H groups in total. The molecular weight excluding hydrogens is 322 g/mol. The Labute approximate surface area is 152 Å². The number of nitrogens with one attached hydrogen (secondary N) is 1. The highest BCUT2D eigenvalue weighted by Gasteiger charge is 2.33. The molecular formula is C22H19N3O. The first-order valence-corrected chi connectivity index (χ1v) is 8.64. The second-order valence-electron chi connectivity index (χ2n) is 6.18. The van der Waals surface area contributed by atoms with Gasteiger partial charge in [-0.3, -0.25) is 0 Å². The second-order valence-corrected chi connectivity index (χ2v) is 6.18. The number of amides is 2. The summed E-state index contributed by atoms with van der Waals surface area (Å²) in [5.41, 5.74) is 3.80. The molecule has 1 atom stereocenters. The van der Waals surface area contributed by atoms with E-state index in [2.05, 4.69) is 10.4 Å². The van der Waals surface area contributed by atoms with Gasteiger partial charge in [0, 0.05) is 12.1 Å². The summed E-state index contributed by atoms with van der Waals surface area (Å²) in [6, 6.07) is 29.2. The van der Waals surface area contributed by atoms with Crippen LogP contribution in [0.15, 0.2) is 96.1 Å². The van der Waals surface area contributed by atoms with Gasteiger partial charge in [0.25, 0.3) is 0 Å². The fourth-order valence-corrected chi connectivity index (χ4v) is 3.14. The third-order valence-electron chi connectivity index (χ3n) is 4.43. The van der Waals surface area contributed by atoms with Crippen LogP contribution in [0.25, 0.3) is 0 Å². The molecule has 1 aliphatic heterocycles. The molecule has 0 radical (unpaired) electrons. The summed E-state index contributed by atoms with van der Waals surface area (Å²) in [5.74, 6) is 0. The Bertz CT molecular complexity index is 908. The molecule has 0 fully saturated rings. The molecule has 3 aromatic carbocycles. The third kappa shape index (κ3) is 3.35. The van der Waals surface area contributed by atoms with Crippen LogP contribution in [0, 0.1) is 0 Å². The molecule has 1 aliphatic rings. The lowest BCUT2D eigenvalue weighted by atomic mass is 9.99. The van der Waals surface area contributed by atoms with E-state index in [1.54, 1.807) is 5.01 Å². The molecule has 3 aromatic rings. The van der Waals surface area contributed by atoms with Crippen LogP contribution < -0.4 is 5.32 Å². The predicted octanol–water partition coefficient (Wildman–Crippen LogP) is 5.07. The van der Waals surface area contributed by atoms with E-state index >= 15 is 0 Å². The standard InChI is InChI=1S/C22H19N3O/c26-22(23-19-14-8-3-9-15-19)25-21(18-12-6-2-7-13-18)16-20(24-25)17-10-4-1-5-11-17/h1-15,21H,16H2,(H,23,26)/t21-/m1/s1. The van der Waals surface area contributed by atoms with Crippen LogP contribution in [0.2, 0.25) is 0 Å². The molecule has 0 aliphatic carbocycles. The van der Waals surface area contributed by atoms with E-state index in [9.17, 15) is 4.79 Å². The van der Waals surface area contributed by atoms with Gasteiger partial charge in [-0.1, -0.05) is 78.9 Å². The molecule has 2 amide bonds.